The molecule has 106 valence electrons. The maximum Gasteiger partial charge on any atom is 0.130 e. The molecule has 0 fully saturated rings. The summed E-state index contributed by atoms with van der Waals surface area (Å²) in [7, 11) is 0. The Morgan fingerprint density at radius 2 is 1.90 bits per heavy atom. The molecule has 0 saturated carbocycles. The van der Waals surface area contributed by atoms with Crippen LogP contribution in [-0.4, -0.2) is 6.04 Å². The van der Waals surface area contributed by atoms with Gasteiger partial charge in [0.25, 0.3) is 0 Å². The molecule has 0 radical (unpaired) electrons. The third-order valence-electron chi connectivity index (χ3n) is 3.35. The molecule has 0 aliphatic heterocycles. The van der Waals surface area contributed by atoms with Crippen molar-refractivity contribution in [1.29, 1.82) is 0 Å². The maximum atomic E-state index is 13.1. The second-order valence-electron chi connectivity index (χ2n) is 5.02. The molecule has 2 aromatic carbocycles. The number of benzene rings is 2. The second-order valence-corrected chi connectivity index (χ2v) is 5.02. The van der Waals surface area contributed by atoms with Crippen LogP contribution in [-0.2, 0) is 6.42 Å². The molecule has 0 spiro atoms. The summed E-state index contributed by atoms with van der Waals surface area (Å²) in [4.78, 5) is 0. The van der Waals surface area contributed by atoms with Crippen LogP contribution in [0.2, 0.25) is 0 Å². The molecule has 0 aromatic heterocycles. The van der Waals surface area contributed by atoms with Crippen molar-refractivity contribution >= 4 is 0 Å². The minimum Gasteiger partial charge on any atom is -0.457 e. The van der Waals surface area contributed by atoms with Gasteiger partial charge in [-0.2, -0.15) is 0 Å². The molecule has 0 amide bonds. The molecule has 1 unspecified atom stereocenters. The van der Waals surface area contributed by atoms with Gasteiger partial charge < -0.3 is 10.5 Å². The molecule has 0 saturated heterocycles. The van der Waals surface area contributed by atoms with Gasteiger partial charge >= 0.3 is 0 Å². The highest BCUT2D eigenvalue weighted by Gasteiger charge is 2.06. The van der Waals surface area contributed by atoms with Crippen molar-refractivity contribution in [1.82, 2.24) is 0 Å². The summed E-state index contributed by atoms with van der Waals surface area (Å²) in [6.45, 7) is 4.12. The minimum atomic E-state index is -0.301. The van der Waals surface area contributed by atoms with Crippen molar-refractivity contribution < 1.29 is 9.13 Å². The third kappa shape index (κ3) is 3.81. The molecule has 0 heterocycles. The van der Waals surface area contributed by atoms with E-state index in [9.17, 15) is 4.39 Å². The van der Waals surface area contributed by atoms with Crippen molar-refractivity contribution in [3.05, 3.63) is 59.4 Å². The highest BCUT2D eigenvalue weighted by molar-refractivity contribution is 5.38. The first kappa shape index (κ1) is 14.5. The van der Waals surface area contributed by atoms with Gasteiger partial charge in [0.15, 0.2) is 0 Å². The van der Waals surface area contributed by atoms with Crippen LogP contribution in [0.1, 0.15) is 24.5 Å². The van der Waals surface area contributed by atoms with Crippen LogP contribution in [0.15, 0.2) is 42.5 Å². The van der Waals surface area contributed by atoms with Gasteiger partial charge in [0.05, 0.1) is 0 Å². The quantitative estimate of drug-likeness (QED) is 0.885. The number of rotatable bonds is 5. The predicted molar refractivity (Wildman–Crippen MR) is 79.6 cm³/mol. The number of halogens is 1. The molecular weight excluding hydrogens is 253 g/mol. The molecule has 2 nitrogen and oxygen atoms in total. The average Bonchev–Trinajstić information content (AvgIpc) is 2.41. The summed E-state index contributed by atoms with van der Waals surface area (Å²) in [6.07, 6.45) is 1.82. The molecule has 2 aromatic rings. The maximum absolute atomic E-state index is 13.1. The van der Waals surface area contributed by atoms with E-state index in [4.69, 9.17) is 10.5 Å². The topological polar surface area (TPSA) is 35.2 Å². The molecule has 20 heavy (non-hydrogen) atoms. The predicted octanol–water partition coefficient (Wildman–Crippen LogP) is 4.21. The van der Waals surface area contributed by atoms with Crippen LogP contribution >= 0.6 is 0 Å². The summed E-state index contributed by atoms with van der Waals surface area (Å²) in [6, 6.07) is 12.2. The molecule has 2 rings (SSSR count). The van der Waals surface area contributed by atoms with Gasteiger partial charge in [-0.15, -0.1) is 0 Å². The number of hydrogen-bond acceptors (Lipinski definition) is 2. The Bertz CT molecular complexity index is 583. The fourth-order valence-corrected chi connectivity index (χ4v) is 2.05. The smallest absolute Gasteiger partial charge is 0.130 e. The van der Waals surface area contributed by atoms with Crippen molar-refractivity contribution in [3.63, 3.8) is 0 Å². The van der Waals surface area contributed by atoms with Gasteiger partial charge in [0.1, 0.15) is 17.3 Å². The van der Waals surface area contributed by atoms with Gasteiger partial charge in [-0.3, -0.25) is 0 Å². The van der Waals surface area contributed by atoms with Crippen molar-refractivity contribution in [2.24, 2.45) is 5.73 Å². The van der Waals surface area contributed by atoms with E-state index in [1.165, 1.54) is 17.7 Å². The van der Waals surface area contributed by atoms with Crippen LogP contribution in [0, 0.1) is 12.7 Å². The molecular formula is C17H20FNO. The Labute approximate surface area is 119 Å². The summed E-state index contributed by atoms with van der Waals surface area (Å²) in [5.74, 6) is 0.911. The first-order valence-electron chi connectivity index (χ1n) is 6.87. The first-order chi connectivity index (χ1) is 9.58. The zero-order valence-electron chi connectivity index (χ0n) is 11.9. The van der Waals surface area contributed by atoms with E-state index in [0.717, 1.165) is 18.4 Å². The lowest BCUT2D eigenvalue weighted by molar-refractivity contribution is 0.476. The Hall–Kier alpha value is -1.87. The van der Waals surface area contributed by atoms with Gasteiger partial charge in [-0.05, 0) is 55.2 Å². The Kier molecular flexibility index (Phi) is 4.74. The van der Waals surface area contributed by atoms with Crippen LogP contribution < -0.4 is 10.5 Å². The molecule has 0 bridgehead atoms. The number of aryl methyl sites for hydroxylation is 1. The highest BCUT2D eigenvalue weighted by Crippen LogP contribution is 2.24. The average molecular weight is 273 g/mol. The van der Waals surface area contributed by atoms with E-state index in [0.29, 0.717) is 11.5 Å². The SMILES string of the molecule is CCC(N)Cc1ccc(Oc2cccc(F)c2)cc1C. The molecule has 1 atom stereocenters. The standard InChI is InChI=1S/C17H20FNO/c1-3-15(19)10-13-7-8-17(9-12(13)2)20-16-6-4-5-14(18)11-16/h4-9,11,15H,3,10,19H2,1-2H3. The molecule has 0 aliphatic carbocycles. The van der Waals surface area contributed by atoms with E-state index < -0.39 is 0 Å². The van der Waals surface area contributed by atoms with Crippen LogP contribution in [0.25, 0.3) is 0 Å². The Balaban J connectivity index is 2.13. The highest BCUT2D eigenvalue weighted by atomic mass is 19.1. The summed E-state index contributed by atoms with van der Waals surface area (Å²) < 4.78 is 18.8. The normalized spacial score (nSPS) is 12.2. The lowest BCUT2D eigenvalue weighted by Crippen LogP contribution is -2.21. The van der Waals surface area contributed by atoms with E-state index >= 15 is 0 Å². The summed E-state index contributed by atoms with van der Waals surface area (Å²) >= 11 is 0. The first-order valence-corrected chi connectivity index (χ1v) is 6.87. The van der Waals surface area contributed by atoms with E-state index in [-0.39, 0.29) is 11.9 Å². The largest absolute Gasteiger partial charge is 0.457 e. The Morgan fingerprint density at radius 3 is 2.55 bits per heavy atom. The van der Waals surface area contributed by atoms with E-state index in [1.807, 2.05) is 25.1 Å². The lowest BCUT2D eigenvalue weighted by Gasteiger charge is -2.13. The van der Waals surface area contributed by atoms with Crippen molar-refractivity contribution in [3.8, 4) is 11.5 Å². The van der Waals surface area contributed by atoms with E-state index in [2.05, 4.69) is 6.92 Å². The van der Waals surface area contributed by atoms with Gasteiger partial charge in [0, 0.05) is 12.1 Å². The molecule has 2 N–H and O–H groups in total. The number of hydrogen-bond donors (Lipinski definition) is 1. The monoisotopic (exact) mass is 273 g/mol. The van der Waals surface area contributed by atoms with Crippen molar-refractivity contribution in [2.75, 3.05) is 0 Å². The minimum absolute atomic E-state index is 0.184. The summed E-state index contributed by atoms with van der Waals surface area (Å²) in [5.41, 5.74) is 8.35. The fraction of sp³-hybridized carbons (Fsp3) is 0.294. The zero-order chi connectivity index (χ0) is 14.5. The van der Waals surface area contributed by atoms with Crippen LogP contribution in [0.5, 0.6) is 11.5 Å². The fourth-order valence-electron chi connectivity index (χ4n) is 2.05. The number of nitrogens with two attached hydrogens (primary N) is 1. The third-order valence-corrected chi connectivity index (χ3v) is 3.35. The van der Waals surface area contributed by atoms with Gasteiger partial charge in [-0.1, -0.05) is 19.1 Å². The van der Waals surface area contributed by atoms with E-state index in [1.54, 1.807) is 12.1 Å². The van der Waals surface area contributed by atoms with Crippen LogP contribution in [0.3, 0.4) is 0 Å². The van der Waals surface area contributed by atoms with Crippen molar-refractivity contribution in [2.45, 2.75) is 32.7 Å². The van der Waals surface area contributed by atoms with Gasteiger partial charge in [0.2, 0.25) is 0 Å². The molecule has 3 heteroatoms. The zero-order valence-corrected chi connectivity index (χ0v) is 11.9. The van der Waals surface area contributed by atoms with Crippen LogP contribution in [0.4, 0.5) is 4.39 Å². The second kappa shape index (κ2) is 6.53. The van der Waals surface area contributed by atoms with Gasteiger partial charge in [-0.25, -0.2) is 4.39 Å². The lowest BCUT2D eigenvalue weighted by atomic mass is 10.00. The number of ether oxygens (including phenoxy) is 1. The molecule has 0 aliphatic rings. The summed E-state index contributed by atoms with van der Waals surface area (Å²) in [5, 5.41) is 0. The Morgan fingerprint density at radius 1 is 1.15 bits per heavy atom.